The van der Waals surface area contributed by atoms with Crippen LogP contribution in [-0.2, 0) is 4.79 Å². The number of carbonyl (C=O) groups excluding carboxylic acids is 1. The van der Waals surface area contributed by atoms with Gasteiger partial charge in [-0.25, -0.2) is 0 Å². The Morgan fingerprint density at radius 2 is 1.16 bits per heavy atom. The van der Waals surface area contributed by atoms with Gasteiger partial charge in [-0.15, -0.1) is 12.6 Å². The summed E-state index contributed by atoms with van der Waals surface area (Å²) in [6.45, 7) is 5.98. The molecule has 0 unspecified atom stereocenters. The largest absolute Gasteiger partial charge is 0.282 e. The lowest BCUT2D eigenvalue weighted by Crippen LogP contribution is -1.91. The van der Waals surface area contributed by atoms with Crippen LogP contribution < -0.4 is 0 Å². The number of unbranched alkanes of at least 4 members (excludes halogenated alkanes) is 11. The molecule has 0 rings (SSSR count). The fraction of sp³-hybridized carbons (Fsp3) is 0.824. The van der Waals surface area contributed by atoms with Crippen LogP contribution in [0.5, 0.6) is 0 Å². The zero-order chi connectivity index (χ0) is 14.3. The van der Waals surface area contributed by atoms with Gasteiger partial charge in [0, 0.05) is 0 Å². The Balaban J connectivity index is 3.07. The molecule has 0 aromatic rings. The smallest absolute Gasteiger partial charge is 0.211 e. The van der Waals surface area contributed by atoms with Gasteiger partial charge in [0.25, 0.3) is 0 Å². The molecule has 0 fully saturated rings. The van der Waals surface area contributed by atoms with Crippen LogP contribution in [0.4, 0.5) is 0 Å². The molecule has 2 heteroatoms. The van der Waals surface area contributed by atoms with E-state index in [1.54, 1.807) is 0 Å². The molecule has 0 aliphatic carbocycles. The Morgan fingerprint density at radius 1 is 0.789 bits per heavy atom. The van der Waals surface area contributed by atoms with Gasteiger partial charge in [-0.3, -0.25) is 4.79 Å². The second-order valence-electron chi connectivity index (χ2n) is 5.55. The van der Waals surface area contributed by atoms with Crippen molar-refractivity contribution in [1.82, 2.24) is 0 Å². The average Bonchev–Trinajstić information content (AvgIpc) is 2.39. The maximum Gasteiger partial charge on any atom is 0.211 e. The van der Waals surface area contributed by atoms with Crippen molar-refractivity contribution in [3.05, 3.63) is 12.2 Å². The van der Waals surface area contributed by atoms with E-state index in [4.69, 9.17) is 0 Å². The first-order chi connectivity index (χ1) is 9.18. The molecular weight excluding hydrogens is 252 g/mol. The lowest BCUT2D eigenvalue weighted by Gasteiger charge is -2.03. The zero-order valence-electron chi connectivity index (χ0n) is 12.8. The number of carbonyl (C=O) groups is 1. The van der Waals surface area contributed by atoms with Gasteiger partial charge < -0.3 is 0 Å². The molecule has 0 aromatic heterocycles. The standard InChI is InChI=1S/C17H32OS/c1-3-4-5-6-7-8-9-10-11-12-13-14-15-16(2)17(18)19/h2-15H2,1H3,(H,18,19). The average molecular weight is 285 g/mol. The molecule has 0 aliphatic rings. The van der Waals surface area contributed by atoms with Crippen LogP contribution in [0.25, 0.3) is 0 Å². The maximum absolute atomic E-state index is 10.8. The summed E-state index contributed by atoms with van der Waals surface area (Å²) in [5.41, 5.74) is 0.662. The third-order valence-electron chi connectivity index (χ3n) is 3.63. The fourth-order valence-corrected chi connectivity index (χ4v) is 2.40. The molecule has 0 radical (unpaired) electrons. The van der Waals surface area contributed by atoms with Crippen molar-refractivity contribution in [2.75, 3.05) is 0 Å². The highest BCUT2D eigenvalue weighted by atomic mass is 32.1. The van der Waals surface area contributed by atoms with Crippen LogP contribution >= 0.6 is 12.6 Å². The van der Waals surface area contributed by atoms with Crippen LogP contribution in [0.2, 0.25) is 0 Å². The highest BCUT2D eigenvalue weighted by Gasteiger charge is 2.00. The van der Waals surface area contributed by atoms with Gasteiger partial charge in [-0.1, -0.05) is 84.1 Å². The van der Waals surface area contributed by atoms with Crippen molar-refractivity contribution in [1.29, 1.82) is 0 Å². The third kappa shape index (κ3) is 14.0. The predicted molar refractivity (Wildman–Crippen MR) is 88.8 cm³/mol. The third-order valence-corrected chi connectivity index (χ3v) is 3.95. The normalized spacial score (nSPS) is 10.6. The molecule has 0 aromatic carbocycles. The summed E-state index contributed by atoms with van der Waals surface area (Å²) < 4.78 is 0. The van der Waals surface area contributed by atoms with E-state index in [1.807, 2.05) is 0 Å². The van der Waals surface area contributed by atoms with Gasteiger partial charge in [-0.2, -0.15) is 0 Å². The molecule has 19 heavy (non-hydrogen) atoms. The Kier molecular flexibility index (Phi) is 14.0. The lowest BCUT2D eigenvalue weighted by atomic mass is 10.0. The summed E-state index contributed by atoms with van der Waals surface area (Å²) in [5.74, 6) is 0. The predicted octanol–water partition coefficient (Wildman–Crippen LogP) is 6.09. The van der Waals surface area contributed by atoms with Crippen LogP contribution in [0.1, 0.15) is 90.4 Å². The molecule has 0 amide bonds. The summed E-state index contributed by atoms with van der Waals surface area (Å²) >= 11 is 3.77. The SMILES string of the molecule is C=C(CCCCCCCCCCCCCC)C(=O)S. The molecule has 112 valence electrons. The molecular formula is C17H32OS. The zero-order valence-corrected chi connectivity index (χ0v) is 13.6. The first-order valence-electron chi connectivity index (χ1n) is 8.09. The fourth-order valence-electron chi connectivity index (χ4n) is 2.29. The van der Waals surface area contributed by atoms with Crippen molar-refractivity contribution >= 4 is 17.7 Å². The molecule has 0 atom stereocenters. The van der Waals surface area contributed by atoms with Crippen molar-refractivity contribution in [3.63, 3.8) is 0 Å². The monoisotopic (exact) mass is 284 g/mol. The molecule has 0 aliphatic heterocycles. The van der Waals surface area contributed by atoms with Crippen LogP contribution in [0, 0.1) is 0 Å². The van der Waals surface area contributed by atoms with Crippen LogP contribution in [0.3, 0.4) is 0 Å². The summed E-state index contributed by atoms with van der Waals surface area (Å²) in [6, 6.07) is 0. The number of thiol groups is 1. The number of hydrogen-bond donors (Lipinski definition) is 1. The number of rotatable bonds is 14. The van der Waals surface area contributed by atoms with E-state index in [-0.39, 0.29) is 5.12 Å². The Bertz CT molecular complexity index is 235. The van der Waals surface area contributed by atoms with Crippen molar-refractivity contribution < 1.29 is 4.79 Å². The minimum atomic E-state index is -0.150. The molecule has 0 bridgehead atoms. The molecule has 0 saturated heterocycles. The highest BCUT2D eigenvalue weighted by Crippen LogP contribution is 2.14. The van der Waals surface area contributed by atoms with E-state index in [2.05, 4.69) is 26.1 Å². The molecule has 0 N–H and O–H groups in total. The second kappa shape index (κ2) is 14.2. The molecule has 0 heterocycles. The van der Waals surface area contributed by atoms with E-state index in [1.165, 1.54) is 70.6 Å². The van der Waals surface area contributed by atoms with Crippen LogP contribution in [-0.4, -0.2) is 5.12 Å². The minimum Gasteiger partial charge on any atom is -0.282 e. The summed E-state index contributed by atoms with van der Waals surface area (Å²) in [4.78, 5) is 10.8. The van der Waals surface area contributed by atoms with Gasteiger partial charge in [0.15, 0.2) is 0 Å². The van der Waals surface area contributed by atoms with E-state index < -0.39 is 0 Å². The Labute approximate surface area is 125 Å². The van der Waals surface area contributed by atoms with E-state index in [0.29, 0.717) is 5.57 Å². The lowest BCUT2D eigenvalue weighted by molar-refractivity contribution is -0.107. The van der Waals surface area contributed by atoms with E-state index in [0.717, 1.165) is 12.8 Å². The first kappa shape index (κ1) is 18.8. The Morgan fingerprint density at radius 3 is 1.53 bits per heavy atom. The highest BCUT2D eigenvalue weighted by molar-refractivity contribution is 7.97. The van der Waals surface area contributed by atoms with Crippen LogP contribution in [0.15, 0.2) is 12.2 Å². The van der Waals surface area contributed by atoms with Gasteiger partial charge in [-0.05, 0) is 18.4 Å². The minimum absolute atomic E-state index is 0.150. The second-order valence-corrected chi connectivity index (χ2v) is 5.95. The molecule has 0 spiro atoms. The summed E-state index contributed by atoms with van der Waals surface area (Å²) in [5, 5.41) is -0.150. The topological polar surface area (TPSA) is 17.1 Å². The van der Waals surface area contributed by atoms with Crippen molar-refractivity contribution in [2.24, 2.45) is 0 Å². The molecule has 0 saturated carbocycles. The quantitative estimate of drug-likeness (QED) is 0.232. The van der Waals surface area contributed by atoms with E-state index >= 15 is 0 Å². The first-order valence-corrected chi connectivity index (χ1v) is 8.54. The van der Waals surface area contributed by atoms with Crippen molar-refractivity contribution in [2.45, 2.75) is 90.4 Å². The van der Waals surface area contributed by atoms with Gasteiger partial charge in [0.2, 0.25) is 5.12 Å². The maximum atomic E-state index is 10.8. The van der Waals surface area contributed by atoms with Gasteiger partial charge in [0.1, 0.15) is 0 Å². The van der Waals surface area contributed by atoms with E-state index in [9.17, 15) is 4.79 Å². The Hall–Kier alpha value is -0.240. The number of hydrogen-bond acceptors (Lipinski definition) is 1. The summed E-state index contributed by atoms with van der Waals surface area (Å²) in [7, 11) is 0. The van der Waals surface area contributed by atoms with Gasteiger partial charge >= 0.3 is 0 Å². The van der Waals surface area contributed by atoms with Crippen molar-refractivity contribution in [3.8, 4) is 0 Å². The molecule has 1 nitrogen and oxygen atoms in total. The summed E-state index contributed by atoms with van der Waals surface area (Å²) in [6.07, 6.45) is 17.0. The van der Waals surface area contributed by atoms with Gasteiger partial charge in [0.05, 0.1) is 0 Å².